The van der Waals surface area contributed by atoms with Crippen molar-refractivity contribution in [2.75, 3.05) is 24.7 Å². The van der Waals surface area contributed by atoms with Crippen LogP contribution in [0.15, 0.2) is 4.34 Å². The molecule has 0 radical (unpaired) electrons. The second-order valence-corrected chi connectivity index (χ2v) is 4.86. The highest BCUT2D eigenvalue weighted by molar-refractivity contribution is 8.01. The van der Waals surface area contributed by atoms with E-state index in [2.05, 4.69) is 15.5 Å². The molecule has 0 fully saturated rings. The molecule has 1 aromatic heterocycles. The van der Waals surface area contributed by atoms with Gasteiger partial charge in [0.1, 0.15) is 0 Å². The van der Waals surface area contributed by atoms with Crippen molar-refractivity contribution in [1.82, 2.24) is 15.5 Å². The smallest absolute Gasteiger partial charge is 0.323 e. The molecule has 0 aliphatic rings. The van der Waals surface area contributed by atoms with Crippen LogP contribution < -0.4 is 10.2 Å². The largest absolute Gasteiger partial charge is 0.341 e. The van der Waals surface area contributed by atoms with Crippen LogP contribution in [-0.4, -0.2) is 36.1 Å². The van der Waals surface area contributed by atoms with Crippen LogP contribution in [0.4, 0.5) is 9.93 Å². The second-order valence-electron chi connectivity index (χ2n) is 2.40. The van der Waals surface area contributed by atoms with E-state index in [1.165, 1.54) is 16.2 Å². The topological polar surface area (TPSA) is 58.1 Å². The Morgan fingerprint density at radius 2 is 2.36 bits per heavy atom. The number of hydrogen-bond donors (Lipinski definition) is 1. The summed E-state index contributed by atoms with van der Waals surface area (Å²) in [4.78, 5) is 12.7. The average molecular weight is 232 g/mol. The molecule has 0 bridgehead atoms. The molecule has 7 heteroatoms. The maximum atomic E-state index is 11.2. The van der Waals surface area contributed by atoms with Gasteiger partial charge in [-0.05, 0) is 5.75 Å². The summed E-state index contributed by atoms with van der Waals surface area (Å²) in [5, 5.41) is 11.0. The van der Waals surface area contributed by atoms with Crippen molar-refractivity contribution in [2.24, 2.45) is 0 Å². The van der Waals surface area contributed by atoms with Crippen molar-refractivity contribution in [2.45, 2.75) is 11.3 Å². The van der Waals surface area contributed by atoms with Gasteiger partial charge in [0.15, 0.2) is 4.34 Å². The summed E-state index contributed by atoms with van der Waals surface area (Å²) < 4.78 is 0.887. The Hall–Kier alpha value is -0.820. The fourth-order valence-electron chi connectivity index (χ4n) is 0.774. The quantitative estimate of drug-likeness (QED) is 0.632. The highest BCUT2D eigenvalue weighted by Gasteiger charge is 2.13. The molecule has 0 aliphatic carbocycles. The zero-order valence-corrected chi connectivity index (χ0v) is 9.91. The molecule has 2 amide bonds. The van der Waals surface area contributed by atoms with Crippen molar-refractivity contribution in [3.63, 3.8) is 0 Å². The Labute approximate surface area is 90.9 Å². The lowest BCUT2D eigenvalue weighted by atomic mass is 10.8. The van der Waals surface area contributed by atoms with Crippen LogP contribution in [0.3, 0.4) is 0 Å². The number of aromatic nitrogens is 2. The highest BCUT2D eigenvalue weighted by Crippen LogP contribution is 2.26. The number of thioether (sulfide) groups is 1. The van der Waals surface area contributed by atoms with Gasteiger partial charge in [-0.25, -0.2) is 4.79 Å². The molecule has 14 heavy (non-hydrogen) atoms. The van der Waals surface area contributed by atoms with Crippen molar-refractivity contribution < 1.29 is 4.79 Å². The number of nitrogens with zero attached hydrogens (tertiary/aromatic N) is 3. The SMILES string of the molecule is CCSc1nnc(N(C)C(=O)NC)s1. The van der Waals surface area contributed by atoms with Gasteiger partial charge in [-0.1, -0.05) is 30.0 Å². The third-order valence-electron chi connectivity index (χ3n) is 1.47. The van der Waals surface area contributed by atoms with Crippen molar-refractivity contribution >= 4 is 34.3 Å². The van der Waals surface area contributed by atoms with Gasteiger partial charge in [-0.2, -0.15) is 0 Å². The molecule has 5 nitrogen and oxygen atoms in total. The van der Waals surface area contributed by atoms with Crippen LogP contribution in [0.25, 0.3) is 0 Å². The number of urea groups is 1. The summed E-state index contributed by atoms with van der Waals surface area (Å²) in [5.74, 6) is 0.957. The average Bonchev–Trinajstić information content (AvgIpc) is 2.64. The first-order chi connectivity index (χ1) is 6.69. The fourth-order valence-corrected chi connectivity index (χ4v) is 2.47. The lowest BCUT2D eigenvalue weighted by molar-refractivity contribution is 0.249. The summed E-state index contributed by atoms with van der Waals surface area (Å²) >= 11 is 3.03. The van der Waals surface area contributed by atoms with Crippen LogP contribution >= 0.6 is 23.1 Å². The van der Waals surface area contributed by atoms with Crippen LogP contribution in [0, 0.1) is 0 Å². The van der Waals surface area contributed by atoms with E-state index < -0.39 is 0 Å². The number of carbonyl (C=O) groups excluding carboxylic acids is 1. The van der Waals surface area contributed by atoms with E-state index in [1.54, 1.807) is 25.9 Å². The summed E-state index contributed by atoms with van der Waals surface area (Å²) in [6, 6.07) is -0.186. The Bertz CT molecular complexity index is 314. The first kappa shape index (κ1) is 11.3. The van der Waals surface area contributed by atoms with Gasteiger partial charge >= 0.3 is 6.03 Å². The molecule has 1 aromatic rings. The van der Waals surface area contributed by atoms with E-state index in [1.807, 2.05) is 6.92 Å². The first-order valence-electron chi connectivity index (χ1n) is 4.10. The zero-order valence-electron chi connectivity index (χ0n) is 8.27. The standard InChI is InChI=1S/C7H12N4OS2/c1-4-13-7-10-9-6(14-7)11(3)5(12)8-2/h4H2,1-3H3,(H,8,12). The number of amides is 2. The van der Waals surface area contributed by atoms with E-state index in [0.29, 0.717) is 5.13 Å². The molecule has 0 atom stereocenters. The van der Waals surface area contributed by atoms with Gasteiger partial charge in [-0.3, -0.25) is 4.90 Å². The molecule has 1 rings (SSSR count). The number of rotatable bonds is 3. The van der Waals surface area contributed by atoms with Gasteiger partial charge in [0.05, 0.1) is 0 Å². The predicted octanol–water partition coefficient (Wildman–Crippen LogP) is 1.43. The number of nitrogens with one attached hydrogen (secondary N) is 1. The summed E-state index contributed by atoms with van der Waals surface area (Å²) in [6.45, 7) is 2.05. The molecule has 0 saturated heterocycles. The molecular weight excluding hydrogens is 220 g/mol. The summed E-state index contributed by atoms with van der Waals surface area (Å²) in [5.41, 5.74) is 0. The third-order valence-corrected chi connectivity index (χ3v) is 3.48. The summed E-state index contributed by atoms with van der Waals surface area (Å²) in [7, 11) is 3.25. The molecule has 0 spiro atoms. The Morgan fingerprint density at radius 3 is 2.93 bits per heavy atom. The van der Waals surface area contributed by atoms with Crippen molar-refractivity contribution in [1.29, 1.82) is 0 Å². The van der Waals surface area contributed by atoms with E-state index >= 15 is 0 Å². The Morgan fingerprint density at radius 1 is 1.64 bits per heavy atom. The predicted molar refractivity (Wildman–Crippen MR) is 59.2 cm³/mol. The van der Waals surface area contributed by atoms with Gasteiger partial charge in [0.2, 0.25) is 5.13 Å². The van der Waals surface area contributed by atoms with Gasteiger partial charge < -0.3 is 5.32 Å². The van der Waals surface area contributed by atoms with E-state index in [9.17, 15) is 4.79 Å². The fraction of sp³-hybridized carbons (Fsp3) is 0.571. The highest BCUT2D eigenvalue weighted by atomic mass is 32.2. The van der Waals surface area contributed by atoms with Crippen LogP contribution in [0.5, 0.6) is 0 Å². The molecule has 0 unspecified atom stereocenters. The number of carbonyl (C=O) groups is 1. The van der Waals surface area contributed by atoms with Crippen LogP contribution in [0.2, 0.25) is 0 Å². The minimum atomic E-state index is -0.186. The monoisotopic (exact) mass is 232 g/mol. The second kappa shape index (κ2) is 5.16. The molecular formula is C7H12N4OS2. The van der Waals surface area contributed by atoms with Gasteiger partial charge in [-0.15, -0.1) is 10.2 Å². The molecule has 0 saturated carbocycles. The van der Waals surface area contributed by atoms with E-state index in [4.69, 9.17) is 0 Å². The third kappa shape index (κ3) is 2.58. The number of hydrogen-bond acceptors (Lipinski definition) is 5. The van der Waals surface area contributed by atoms with E-state index in [0.717, 1.165) is 10.1 Å². The maximum absolute atomic E-state index is 11.2. The van der Waals surface area contributed by atoms with Crippen LogP contribution in [-0.2, 0) is 0 Å². The van der Waals surface area contributed by atoms with E-state index in [-0.39, 0.29) is 6.03 Å². The van der Waals surface area contributed by atoms with Crippen molar-refractivity contribution in [3.8, 4) is 0 Å². The molecule has 1 N–H and O–H groups in total. The summed E-state index contributed by atoms with van der Waals surface area (Å²) in [6.07, 6.45) is 0. The Balaban J connectivity index is 2.70. The van der Waals surface area contributed by atoms with Crippen molar-refractivity contribution in [3.05, 3.63) is 0 Å². The number of anilines is 1. The minimum Gasteiger partial charge on any atom is -0.341 e. The molecule has 1 heterocycles. The molecule has 0 aliphatic heterocycles. The maximum Gasteiger partial charge on any atom is 0.323 e. The van der Waals surface area contributed by atoms with Gasteiger partial charge in [0, 0.05) is 14.1 Å². The Kier molecular flexibility index (Phi) is 4.15. The lowest BCUT2D eigenvalue weighted by Gasteiger charge is -2.10. The zero-order chi connectivity index (χ0) is 10.6. The normalized spacial score (nSPS) is 9.93. The van der Waals surface area contributed by atoms with Gasteiger partial charge in [0.25, 0.3) is 0 Å². The molecule has 0 aromatic carbocycles. The van der Waals surface area contributed by atoms with Crippen LogP contribution in [0.1, 0.15) is 6.92 Å². The molecule has 78 valence electrons. The minimum absolute atomic E-state index is 0.186. The first-order valence-corrected chi connectivity index (χ1v) is 5.91. The lowest BCUT2D eigenvalue weighted by Crippen LogP contribution is -2.34.